The molecular formula is C11H13N3O2. The number of aryl methyl sites for hydroxylation is 1. The molecule has 1 aromatic carbocycles. The van der Waals surface area contributed by atoms with Gasteiger partial charge in [0.2, 0.25) is 0 Å². The number of hydrogen-bond acceptors (Lipinski definition) is 4. The van der Waals surface area contributed by atoms with Crippen molar-refractivity contribution in [1.82, 2.24) is 9.55 Å². The monoisotopic (exact) mass is 219 g/mol. The quantitative estimate of drug-likeness (QED) is 0.815. The summed E-state index contributed by atoms with van der Waals surface area (Å²) >= 11 is 0. The van der Waals surface area contributed by atoms with Crippen molar-refractivity contribution in [3.05, 3.63) is 36.3 Å². The molecule has 84 valence electrons. The number of aromatic nitrogens is 2. The molecule has 0 bridgehead atoms. The molecule has 0 amide bonds. The van der Waals surface area contributed by atoms with E-state index in [0.29, 0.717) is 18.2 Å². The third-order valence-corrected chi connectivity index (χ3v) is 2.18. The molecule has 2 aromatic rings. The summed E-state index contributed by atoms with van der Waals surface area (Å²) in [4.78, 5) is 4.10. The van der Waals surface area contributed by atoms with E-state index in [4.69, 9.17) is 10.5 Å². The highest BCUT2D eigenvalue weighted by Gasteiger charge is 2.03. The van der Waals surface area contributed by atoms with Gasteiger partial charge in [-0.3, -0.25) is 0 Å². The van der Waals surface area contributed by atoms with Crippen LogP contribution >= 0.6 is 0 Å². The van der Waals surface area contributed by atoms with Crippen molar-refractivity contribution in [1.29, 1.82) is 0 Å². The highest BCUT2D eigenvalue weighted by Crippen LogP contribution is 2.18. The van der Waals surface area contributed by atoms with E-state index in [2.05, 4.69) is 4.98 Å². The average Bonchev–Trinajstić information content (AvgIpc) is 2.54. The number of nitrogens with two attached hydrogens (primary N) is 1. The highest BCUT2D eigenvalue weighted by molar-refractivity contribution is 5.32. The van der Waals surface area contributed by atoms with Crippen LogP contribution in [-0.4, -0.2) is 14.7 Å². The van der Waals surface area contributed by atoms with Crippen LogP contribution < -0.4 is 10.5 Å². The zero-order valence-electron chi connectivity index (χ0n) is 8.92. The van der Waals surface area contributed by atoms with E-state index in [1.165, 1.54) is 0 Å². The Hall–Kier alpha value is -2.17. The lowest BCUT2D eigenvalue weighted by atomic mass is 10.3. The van der Waals surface area contributed by atoms with Crippen LogP contribution in [0.3, 0.4) is 0 Å². The maximum Gasteiger partial charge on any atom is 0.149 e. The van der Waals surface area contributed by atoms with Crippen LogP contribution in [0, 0.1) is 0 Å². The van der Waals surface area contributed by atoms with E-state index in [9.17, 15) is 5.11 Å². The summed E-state index contributed by atoms with van der Waals surface area (Å²) in [5, 5.41) is 9.25. The number of phenols is 1. The van der Waals surface area contributed by atoms with Crippen LogP contribution in [0.1, 0.15) is 5.82 Å². The molecule has 1 heterocycles. The second kappa shape index (κ2) is 4.14. The first-order valence-corrected chi connectivity index (χ1v) is 4.84. The van der Waals surface area contributed by atoms with Gasteiger partial charge in [0, 0.05) is 19.3 Å². The molecule has 0 unspecified atom stereocenters. The van der Waals surface area contributed by atoms with E-state index < -0.39 is 0 Å². The third kappa shape index (κ3) is 2.25. The van der Waals surface area contributed by atoms with Gasteiger partial charge < -0.3 is 20.1 Å². The molecule has 0 aliphatic rings. The number of benzene rings is 1. The van der Waals surface area contributed by atoms with Crippen LogP contribution in [0.25, 0.3) is 0 Å². The number of imidazole rings is 1. The number of nitrogen functional groups attached to an aromatic ring is 1. The largest absolute Gasteiger partial charge is 0.508 e. The molecule has 16 heavy (non-hydrogen) atoms. The van der Waals surface area contributed by atoms with Gasteiger partial charge >= 0.3 is 0 Å². The second-order valence-electron chi connectivity index (χ2n) is 3.48. The zero-order valence-corrected chi connectivity index (χ0v) is 8.92. The van der Waals surface area contributed by atoms with Gasteiger partial charge in [-0.15, -0.1) is 0 Å². The molecule has 5 nitrogen and oxygen atoms in total. The molecular weight excluding hydrogens is 206 g/mol. The minimum absolute atomic E-state index is 0.178. The lowest BCUT2D eigenvalue weighted by Gasteiger charge is -2.05. The fraction of sp³-hybridized carbons (Fsp3) is 0.182. The van der Waals surface area contributed by atoms with E-state index in [-0.39, 0.29) is 5.75 Å². The van der Waals surface area contributed by atoms with Gasteiger partial charge in [-0.05, 0) is 12.1 Å². The SMILES string of the molecule is Cn1cc(N)nc1COc1cccc(O)c1. The Morgan fingerprint density at radius 3 is 2.94 bits per heavy atom. The van der Waals surface area contributed by atoms with Gasteiger partial charge in [0.15, 0.2) is 0 Å². The third-order valence-electron chi connectivity index (χ3n) is 2.18. The standard InChI is InChI=1S/C11H13N3O2/c1-14-6-10(12)13-11(14)7-16-9-4-2-3-8(15)5-9/h2-6,15H,7,12H2,1H3. The fourth-order valence-corrected chi connectivity index (χ4v) is 1.38. The molecule has 0 saturated heterocycles. The zero-order chi connectivity index (χ0) is 11.5. The Morgan fingerprint density at radius 2 is 2.31 bits per heavy atom. The first-order valence-electron chi connectivity index (χ1n) is 4.84. The van der Waals surface area contributed by atoms with Crippen LogP contribution in [0.15, 0.2) is 30.5 Å². The van der Waals surface area contributed by atoms with Gasteiger partial charge in [0.1, 0.15) is 29.7 Å². The molecule has 5 heteroatoms. The number of ether oxygens (including phenoxy) is 1. The fourth-order valence-electron chi connectivity index (χ4n) is 1.38. The number of nitrogens with zero attached hydrogens (tertiary/aromatic N) is 2. The van der Waals surface area contributed by atoms with Crippen LogP contribution in [0.5, 0.6) is 11.5 Å². The summed E-state index contributed by atoms with van der Waals surface area (Å²) in [7, 11) is 1.85. The van der Waals surface area contributed by atoms with Crippen molar-refractivity contribution in [2.75, 3.05) is 5.73 Å². The van der Waals surface area contributed by atoms with E-state index >= 15 is 0 Å². The molecule has 0 radical (unpaired) electrons. The molecule has 0 atom stereocenters. The normalized spacial score (nSPS) is 10.3. The lowest BCUT2D eigenvalue weighted by molar-refractivity contribution is 0.290. The number of phenolic OH excluding ortho intramolecular Hbond substituents is 1. The summed E-state index contributed by atoms with van der Waals surface area (Å²) in [6.45, 7) is 0.317. The van der Waals surface area contributed by atoms with Crippen molar-refractivity contribution in [3.8, 4) is 11.5 Å². The first kappa shape index (κ1) is 10.4. The molecule has 3 N–H and O–H groups in total. The van der Waals surface area contributed by atoms with Crippen LogP contribution in [0.2, 0.25) is 0 Å². The number of rotatable bonds is 3. The van der Waals surface area contributed by atoms with Crippen molar-refractivity contribution < 1.29 is 9.84 Å². The van der Waals surface area contributed by atoms with E-state index in [1.807, 2.05) is 7.05 Å². The molecule has 0 saturated carbocycles. The van der Waals surface area contributed by atoms with Gasteiger partial charge in [-0.25, -0.2) is 4.98 Å². The molecule has 0 fully saturated rings. The second-order valence-corrected chi connectivity index (χ2v) is 3.48. The number of aromatic hydroxyl groups is 1. The van der Waals surface area contributed by atoms with E-state index in [1.54, 1.807) is 35.0 Å². The summed E-state index contributed by atoms with van der Waals surface area (Å²) in [6, 6.07) is 6.63. The molecule has 0 spiro atoms. The van der Waals surface area contributed by atoms with Crippen LogP contribution in [0.4, 0.5) is 5.82 Å². The molecule has 0 aliphatic heterocycles. The molecule has 0 aliphatic carbocycles. The van der Waals surface area contributed by atoms with Crippen molar-refractivity contribution in [3.63, 3.8) is 0 Å². The first-order chi connectivity index (χ1) is 7.65. The number of anilines is 1. The smallest absolute Gasteiger partial charge is 0.149 e. The van der Waals surface area contributed by atoms with Gasteiger partial charge in [-0.2, -0.15) is 0 Å². The summed E-state index contributed by atoms with van der Waals surface area (Å²) in [6.07, 6.45) is 1.72. The van der Waals surface area contributed by atoms with E-state index in [0.717, 1.165) is 5.82 Å². The van der Waals surface area contributed by atoms with Crippen molar-refractivity contribution in [2.45, 2.75) is 6.61 Å². The van der Waals surface area contributed by atoms with Crippen molar-refractivity contribution in [2.24, 2.45) is 7.05 Å². The Labute approximate surface area is 93.1 Å². The van der Waals surface area contributed by atoms with Gasteiger partial charge in [0.05, 0.1) is 0 Å². The molecule has 1 aromatic heterocycles. The van der Waals surface area contributed by atoms with Gasteiger partial charge in [-0.1, -0.05) is 6.07 Å². The highest BCUT2D eigenvalue weighted by atomic mass is 16.5. The van der Waals surface area contributed by atoms with Gasteiger partial charge in [0.25, 0.3) is 0 Å². The predicted molar refractivity (Wildman–Crippen MR) is 60.1 cm³/mol. The number of hydrogen-bond donors (Lipinski definition) is 2. The average molecular weight is 219 g/mol. The predicted octanol–water partition coefficient (Wildman–Crippen LogP) is 1.29. The summed E-state index contributed by atoms with van der Waals surface area (Å²) < 4.78 is 7.27. The Bertz CT molecular complexity index is 494. The molecule has 2 rings (SSSR count). The minimum atomic E-state index is 0.178. The van der Waals surface area contributed by atoms with Crippen molar-refractivity contribution >= 4 is 5.82 Å². The lowest BCUT2D eigenvalue weighted by Crippen LogP contribution is -2.02. The summed E-state index contributed by atoms with van der Waals surface area (Å²) in [5.41, 5.74) is 5.55. The maximum absolute atomic E-state index is 9.25. The Morgan fingerprint density at radius 1 is 1.50 bits per heavy atom. The Balaban J connectivity index is 2.05. The topological polar surface area (TPSA) is 73.3 Å². The summed E-state index contributed by atoms with van der Waals surface area (Å²) in [5.74, 6) is 1.98. The maximum atomic E-state index is 9.25. The van der Waals surface area contributed by atoms with Crippen LogP contribution in [-0.2, 0) is 13.7 Å². The minimum Gasteiger partial charge on any atom is -0.508 e. The Kier molecular flexibility index (Phi) is 2.68.